The Hall–Kier alpha value is 0.686. The van der Waals surface area contributed by atoms with E-state index in [1.807, 2.05) is 0 Å². The quantitative estimate of drug-likeness (QED) is 0.296. The molecule has 0 saturated carbocycles. The van der Waals surface area contributed by atoms with Crippen molar-refractivity contribution < 1.29 is 78.4 Å². The molecule has 0 heterocycles. The molecule has 0 aromatic heterocycles. The average molecular weight is 222 g/mol. The van der Waals surface area contributed by atoms with Crippen molar-refractivity contribution >= 4 is 10.4 Å². The normalized spacial score (nSPS) is 11.7. The molecule has 0 amide bonds. The minimum Gasteiger partial charge on any atom is -0.611 e. The van der Waals surface area contributed by atoms with Gasteiger partial charge in [0, 0.05) is 0 Å². The fourth-order valence-corrected chi connectivity index (χ4v) is 0.477. The van der Waals surface area contributed by atoms with E-state index in [9.17, 15) is 13.5 Å². The van der Waals surface area contributed by atoms with Crippen LogP contribution in [0.15, 0.2) is 12.2 Å². The summed E-state index contributed by atoms with van der Waals surface area (Å²) in [5.41, 5.74) is 0. The summed E-state index contributed by atoms with van der Waals surface area (Å²) in [5, 5.41) is 10.3. The van der Waals surface area contributed by atoms with E-state index in [2.05, 4.69) is 8.92 Å². The Morgan fingerprint density at radius 1 is 1.67 bits per heavy atom. The van der Waals surface area contributed by atoms with Crippen molar-refractivity contribution in [3.05, 3.63) is 12.2 Å². The predicted molar refractivity (Wildman–Crippen MR) is 32.3 cm³/mol. The molecule has 8 heteroatoms. The van der Waals surface area contributed by atoms with Crippen LogP contribution in [0.4, 0.5) is 0 Å². The molecule has 0 bridgehead atoms. The van der Waals surface area contributed by atoms with Crippen LogP contribution in [-0.2, 0) is 19.3 Å². The minimum atomic E-state index is -4.59. The summed E-state index contributed by atoms with van der Waals surface area (Å²) in [6.45, 7) is 1.64. The third kappa shape index (κ3) is 10.7. The molecule has 6 nitrogen and oxygen atoms in total. The molecule has 0 spiro atoms. The Morgan fingerprint density at radius 3 is 2.50 bits per heavy atom. The Balaban J connectivity index is 0. The smallest absolute Gasteiger partial charge is 0.611 e. The molecule has 0 aromatic carbocycles. The molecule has 1 N–H and O–H groups in total. The van der Waals surface area contributed by atoms with Crippen molar-refractivity contribution in [1.29, 1.82) is 0 Å². The molecule has 66 valence electrons. The van der Waals surface area contributed by atoms with Crippen LogP contribution in [-0.4, -0.2) is 19.6 Å². The zero-order valence-electron chi connectivity index (χ0n) is 6.68. The molecular weight excluding hydrogens is 215 g/mol. The Morgan fingerprint density at radius 2 is 2.17 bits per heavy atom. The molecule has 0 aromatic rings. The van der Waals surface area contributed by atoms with Gasteiger partial charge in [-0.1, -0.05) is 6.92 Å². The summed E-state index contributed by atoms with van der Waals surface area (Å²) in [6, 6.07) is 0. The van der Waals surface area contributed by atoms with Crippen molar-refractivity contribution in [1.82, 2.24) is 0 Å². The van der Waals surface area contributed by atoms with Crippen LogP contribution < -0.4 is 56.5 Å². The second-order valence-electron chi connectivity index (χ2n) is 1.39. The van der Waals surface area contributed by atoms with Crippen LogP contribution >= 0.6 is 0 Å². The van der Waals surface area contributed by atoms with Gasteiger partial charge < -0.3 is 14.0 Å². The van der Waals surface area contributed by atoms with Gasteiger partial charge in [-0.25, -0.2) is 0 Å². The first-order chi connectivity index (χ1) is 4.95. The largest absolute Gasteiger partial charge is 1.00 e. The topological polar surface area (TPSA) is 95.9 Å². The van der Waals surface area contributed by atoms with Crippen LogP contribution in [0, 0.1) is 0 Å². The van der Waals surface area contributed by atoms with E-state index in [-0.39, 0.29) is 64.3 Å². The van der Waals surface area contributed by atoms with Gasteiger partial charge in [-0.3, -0.25) is 4.55 Å². The van der Waals surface area contributed by atoms with Crippen LogP contribution in [0.5, 0.6) is 0 Å². The maximum atomic E-state index is 10.3. The number of hydrogen-bond acceptors (Lipinski definition) is 5. The number of hydrogen-bond donors (Lipinski definition) is 1. The van der Waals surface area contributed by atoms with Gasteiger partial charge in [0.05, 0.1) is 5.95 Å². The fraction of sp³-hybridized carbons (Fsp3) is 0.500. The van der Waals surface area contributed by atoms with E-state index in [1.165, 1.54) is 0 Å². The molecule has 0 rings (SSSR count). The predicted octanol–water partition coefficient (Wildman–Crippen LogP) is -3.99. The standard InChI is InChI=1S/C4H8O6S.K/c1-2-9-4(5)3-10-11(6,7)8;/h3,5H,2H2,1H3,(H,6,7,8);/q;+1/p-1/b4-3+;. The molecule has 0 unspecified atom stereocenters. The van der Waals surface area contributed by atoms with Crippen molar-refractivity contribution in [2.24, 2.45) is 0 Å². The molecule has 0 aliphatic carbocycles. The van der Waals surface area contributed by atoms with Gasteiger partial charge in [0.25, 0.3) is 0 Å². The fourth-order valence-electron chi connectivity index (χ4n) is 0.276. The molecule has 0 aliphatic heterocycles. The van der Waals surface area contributed by atoms with Crippen LogP contribution in [0.1, 0.15) is 6.92 Å². The summed E-state index contributed by atoms with van der Waals surface area (Å²) in [6.07, 6.45) is 0.263. The van der Waals surface area contributed by atoms with E-state index in [1.54, 1.807) is 6.92 Å². The van der Waals surface area contributed by atoms with Gasteiger partial charge in [-0.15, -0.1) is 0 Å². The van der Waals surface area contributed by atoms with Crippen LogP contribution in [0.3, 0.4) is 0 Å². The van der Waals surface area contributed by atoms with E-state index in [4.69, 9.17) is 4.55 Å². The van der Waals surface area contributed by atoms with E-state index in [0.717, 1.165) is 0 Å². The van der Waals surface area contributed by atoms with Crippen molar-refractivity contribution in [3.63, 3.8) is 0 Å². The zero-order chi connectivity index (χ0) is 8.91. The van der Waals surface area contributed by atoms with E-state index in [0.29, 0.717) is 0 Å². The molecular formula is C4H7KO6S. The third-order valence-corrected chi connectivity index (χ3v) is 0.892. The van der Waals surface area contributed by atoms with Gasteiger partial charge in [-0.2, -0.15) is 8.42 Å². The van der Waals surface area contributed by atoms with Crippen molar-refractivity contribution in [2.45, 2.75) is 6.92 Å². The van der Waals surface area contributed by atoms with E-state index >= 15 is 0 Å². The van der Waals surface area contributed by atoms with Crippen molar-refractivity contribution in [2.75, 3.05) is 6.61 Å². The minimum absolute atomic E-state index is 0. The monoisotopic (exact) mass is 222 g/mol. The summed E-state index contributed by atoms with van der Waals surface area (Å²) >= 11 is 0. The summed E-state index contributed by atoms with van der Waals surface area (Å²) in [7, 11) is -4.59. The molecule has 0 saturated heterocycles. The molecule has 12 heavy (non-hydrogen) atoms. The van der Waals surface area contributed by atoms with Gasteiger partial charge in [0.2, 0.25) is 0 Å². The van der Waals surface area contributed by atoms with Gasteiger partial charge in [-0.05, 0) is 6.61 Å². The zero-order valence-corrected chi connectivity index (χ0v) is 10.6. The maximum absolute atomic E-state index is 10.3. The number of rotatable bonds is 4. The first kappa shape index (κ1) is 15.2. The Bertz CT molecular complexity index is 232. The second-order valence-corrected chi connectivity index (χ2v) is 2.44. The van der Waals surface area contributed by atoms with Crippen molar-refractivity contribution in [3.8, 4) is 0 Å². The van der Waals surface area contributed by atoms with Crippen LogP contribution in [0.2, 0.25) is 0 Å². The number of ether oxygens (including phenoxy) is 1. The van der Waals surface area contributed by atoms with Crippen LogP contribution in [0.25, 0.3) is 0 Å². The SMILES string of the molecule is CCO/C([O-])=C/OS(=O)(=O)O.[K+]. The Labute approximate surface area is 113 Å². The molecule has 0 aliphatic rings. The molecule has 0 atom stereocenters. The molecule has 0 fully saturated rings. The molecule has 0 radical (unpaired) electrons. The van der Waals surface area contributed by atoms with Gasteiger partial charge in [0.1, 0.15) is 6.26 Å². The summed E-state index contributed by atoms with van der Waals surface area (Å²) in [5.74, 6) is -0.967. The summed E-state index contributed by atoms with van der Waals surface area (Å²) in [4.78, 5) is 0. The first-order valence-electron chi connectivity index (χ1n) is 2.61. The summed E-state index contributed by atoms with van der Waals surface area (Å²) < 4.78 is 35.4. The van der Waals surface area contributed by atoms with Gasteiger partial charge >= 0.3 is 61.8 Å². The first-order valence-corrected chi connectivity index (χ1v) is 3.98. The Kier molecular flexibility index (Phi) is 9.01. The second kappa shape index (κ2) is 7.12. The third-order valence-electron chi connectivity index (χ3n) is 0.553. The maximum Gasteiger partial charge on any atom is 1.00 e. The average Bonchev–Trinajstić information content (AvgIpc) is 1.83. The van der Waals surface area contributed by atoms with E-state index < -0.39 is 16.3 Å². The van der Waals surface area contributed by atoms with Gasteiger partial charge in [0.15, 0.2) is 0 Å².